The van der Waals surface area contributed by atoms with Gasteiger partial charge < -0.3 is 10.2 Å². The van der Waals surface area contributed by atoms with Gasteiger partial charge in [0.1, 0.15) is 0 Å². The average molecular weight is 251 g/mol. The number of nitrogens with zero attached hydrogens (tertiary/aromatic N) is 2. The third-order valence-electron chi connectivity index (χ3n) is 3.61. The highest BCUT2D eigenvalue weighted by Crippen LogP contribution is 2.48. The Balaban J connectivity index is 1.84. The summed E-state index contributed by atoms with van der Waals surface area (Å²) in [6.45, 7) is 0. The topological polar surface area (TPSA) is 78.3 Å². The largest absolute Gasteiger partial charge is 0.411 e. The van der Waals surface area contributed by atoms with E-state index in [1.54, 1.807) is 0 Å². The summed E-state index contributed by atoms with van der Waals surface area (Å²) in [4.78, 5) is 18.0. The van der Waals surface area contributed by atoms with Crippen LogP contribution >= 0.6 is 11.8 Å². The molecule has 2 aliphatic rings. The SMILES string of the molecule is O=c1ccnc(SC2C(=NO)C3CCC2C3)[nH]1. The second-order valence-electron chi connectivity index (χ2n) is 4.57. The number of H-pyrrole nitrogens is 1. The summed E-state index contributed by atoms with van der Waals surface area (Å²) >= 11 is 1.50. The van der Waals surface area contributed by atoms with E-state index in [1.165, 1.54) is 30.4 Å². The molecule has 2 saturated carbocycles. The van der Waals surface area contributed by atoms with Crippen LogP contribution in [0, 0.1) is 11.8 Å². The Bertz CT molecular complexity index is 513. The van der Waals surface area contributed by atoms with E-state index in [0.717, 1.165) is 18.6 Å². The minimum atomic E-state index is -0.145. The van der Waals surface area contributed by atoms with Gasteiger partial charge in [0.05, 0.1) is 11.0 Å². The standard InChI is InChI=1S/C11H13N3O2S/c15-8-3-4-12-11(13-8)17-10-7-2-1-6(5-7)9(10)14-16/h3-4,6-7,10,16H,1-2,5H2,(H,12,13,15). The number of nitrogens with one attached hydrogen (secondary N) is 1. The second kappa shape index (κ2) is 4.18. The zero-order chi connectivity index (χ0) is 11.8. The van der Waals surface area contributed by atoms with E-state index in [0.29, 0.717) is 17.0 Å². The number of thioether (sulfide) groups is 1. The third kappa shape index (κ3) is 1.86. The molecule has 1 aromatic heterocycles. The van der Waals surface area contributed by atoms with Crippen LogP contribution in [0.5, 0.6) is 0 Å². The van der Waals surface area contributed by atoms with Crippen LogP contribution in [0.2, 0.25) is 0 Å². The lowest BCUT2D eigenvalue weighted by molar-refractivity contribution is 0.314. The zero-order valence-electron chi connectivity index (χ0n) is 9.17. The first-order valence-corrected chi connectivity index (χ1v) is 6.59. The van der Waals surface area contributed by atoms with Crippen molar-refractivity contribution in [1.82, 2.24) is 9.97 Å². The van der Waals surface area contributed by atoms with Crippen LogP contribution in [-0.4, -0.2) is 26.1 Å². The Hall–Kier alpha value is -1.30. The molecule has 2 fully saturated rings. The molecule has 2 bridgehead atoms. The molecule has 0 radical (unpaired) electrons. The van der Waals surface area contributed by atoms with Gasteiger partial charge in [-0.25, -0.2) is 4.98 Å². The number of aromatic amines is 1. The number of fused-ring (bicyclic) bond motifs is 2. The minimum Gasteiger partial charge on any atom is -0.411 e. The quantitative estimate of drug-likeness (QED) is 0.474. The lowest BCUT2D eigenvalue weighted by atomic mass is 9.98. The van der Waals surface area contributed by atoms with Gasteiger partial charge in [-0.2, -0.15) is 0 Å². The van der Waals surface area contributed by atoms with Gasteiger partial charge in [-0.05, 0) is 25.2 Å². The second-order valence-corrected chi connectivity index (χ2v) is 5.70. The molecule has 1 aromatic rings. The van der Waals surface area contributed by atoms with Crippen molar-refractivity contribution in [2.75, 3.05) is 0 Å². The third-order valence-corrected chi connectivity index (χ3v) is 4.92. The lowest BCUT2D eigenvalue weighted by Crippen LogP contribution is -2.25. The van der Waals surface area contributed by atoms with Crippen molar-refractivity contribution in [2.24, 2.45) is 17.0 Å². The van der Waals surface area contributed by atoms with E-state index in [2.05, 4.69) is 15.1 Å². The van der Waals surface area contributed by atoms with Crippen LogP contribution in [0.1, 0.15) is 19.3 Å². The van der Waals surface area contributed by atoms with Crippen LogP contribution < -0.4 is 5.56 Å². The van der Waals surface area contributed by atoms with E-state index in [1.807, 2.05) is 0 Å². The summed E-state index contributed by atoms with van der Waals surface area (Å²) in [5, 5.41) is 13.3. The molecule has 90 valence electrons. The van der Waals surface area contributed by atoms with E-state index in [4.69, 9.17) is 5.21 Å². The minimum absolute atomic E-state index is 0.145. The number of hydrogen-bond donors (Lipinski definition) is 2. The number of rotatable bonds is 2. The highest BCUT2D eigenvalue weighted by atomic mass is 32.2. The summed E-state index contributed by atoms with van der Waals surface area (Å²) in [5.74, 6) is 0.986. The summed E-state index contributed by atoms with van der Waals surface area (Å²) in [6, 6.07) is 1.39. The Labute approximate surface area is 102 Å². The van der Waals surface area contributed by atoms with Gasteiger partial charge >= 0.3 is 0 Å². The van der Waals surface area contributed by atoms with Crippen LogP contribution in [0.4, 0.5) is 0 Å². The zero-order valence-corrected chi connectivity index (χ0v) is 9.98. The maximum Gasteiger partial charge on any atom is 0.251 e. The monoisotopic (exact) mass is 251 g/mol. The van der Waals surface area contributed by atoms with Gasteiger partial charge in [-0.15, -0.1) is 0 Å². The van der Waals surface area contributed by atoms with Crippen molar-refractivity contribution in [3.8, 4) is 0 Å². The molecule has 0 aliphatic heterocycles. The van der Waals surface area contributed by atoms with Crippen LogP contribution in [-0.2, 0) is 0 Å². The van der Waals surface area contributed by atoms with Crippen LogP contribution in [0.25, 0.3) is 0 Å². The fourth-order valence-electron chi connectivity index (χ4n) is 2.86. The fourth-order valence-corrected chi connectivity index (χ4v) is 4.18. The van der Waals surface area contributed by atoms with E-state index >= 15 is 0 Å². The van der Waals surface area contributed by atoms with E-state index in [-0.39, 0.29) is 10.8 Å². The first-order chi connectivity index (χ1) is 8.28. The normalized spacial score (nSPS) is 33.4. The molecule has 3 unspecified atom stereocenters. The lowest BCUT2D eigenvalue weighted by Gasteiger charge is -2.21. The van der Waals surface area contributed by atoms with Crippen molar-refractivity contribution in [2.45, 2.75) is 29.7 Å². The molecule has 17 heavy (non-hydrogen) atoms. The summed E-state index contributed by atoms with van der Waals surface area (Å²) in [6.07, 6.45) is 4.91. The average Bonchev–Trinajstić information content (AvgIpc) is 2.89. The molecule has 0 aromatic carbocycles. The Morgan fingerprint density at radius 2 is 2.41 bits per heavy atom. The smallest absolute Gasteiger partial charge is 0.251 e. The highest BCUT2D eigenvalue weighted by molar-refractivity contribution is 8.00. The molecule has 6 heteroatoms. The molecular formula is C11H13N3O2S. The van der Waals surface area contributed by atoms with Crippen LogP contribution in [0.15, 0.2) is 27.4 Å². The molecule has 2 N–H and O–H groups in total. The molecule has 0 amide bonds. The molecule has 5 nitrogen and oxygen atoms in total. The fraction of sp³-hybridized carbons (Fsp3) is 0.545. The van der Waals surface area contributed by atoms with E-state index in [9.17, 15) is 4.79 Å². The van der Waals surface area contributed by atoms with Crippen molar-refractivity contribution < 1.29 is 5.21 Å². The van der Waals surface area contributed by atoms with Crippen molar-refractivity contribution in [3.05, 3.63) is 22.6 Å². The molecule has 0 spiro atoms. The Morgan fingerprint density at radius 1 is 1.53 bits per heavy atom. The summed E-state index contributed by atoms with van der Waals surface area (Å²) < 4.78 is 0. The number of hydrogen-bond acceptors (Lipinski definition) is 5. The molecule has 0 saturated heterocycles. The number of aromatic nitrogens is 2. The van der Waals surface area contributed by atoms with Gasteiger partial charge in [0.2, 0.25) is 0 Å². The van der Waals surface area contributed by atoms with E-state index < -0.39 is 0 Å². The Morgan fingerprint density at radius 3 is 3.18 bits per heavy atom. The highest BCUT2D eigenvalue weighted by Gasteiger charge is 2.46. The van der Waals surface area contributed by atoms with Gasteiger partial charge in [-0.3, -0.25) is 4.79 Å². The molecule has 1 heterocycles. The van der Waals surface area contributed by atoms with Gasteiger partial charge in [0.15, 0.2) is 5.16 Å². The van der Waals surface area contributed by atoms with Crippen molar-refractivity contribution in [3.63, 3.8) is 0 Å². The van der Waals surface area contributed by atoms with Gasteiger partial charge in [0, 0.05) is 18.2 Å². The summed E-state index contributed by atoms with van der Waals surface area (Å²) in [5.41, 5.74) is 0.728. The number of oxime groups is 1. The maximum atomic E-state index is 11.2. The molecule has 3 rings (SSSR count). The van der Waals surface area contributed by atoms with Crippen molar-refractivity contribution >= 4 is 17.5 Å². The van der Waals surface area contributed by atoms with Gasteiger partial charge in [-0.1, -0.05) is 16.9 Å². The maximum absolute atomic E-state index is 11.2. The Kier molecular flexibility index (Phi) is 2.66. The summed E-state index contributed by atoms with van der Waals surface area (Å²) in [7, 11) is 0. The predicted octanol–water partition coefficient (Wildman–Crippen LogP) is 1.49. The molecule has 3 atom stereocenters. The first kappa shape index (κ1) is 10.8. The van der Waals surface area contributed by atoms with Crippen molar-refractivity contribution in [1.29, 1.82) is 0 Å². The van der Waals surface area contributed by atoms with Crippen LogP contribution in [0.3, 0.4) is 0 Å². The van der Waals surface area contributed by atoms with Gasteiger partial charge in [0.25, 0.3) is 5.56 Å². The molecular weight excluding hydrogens is 238 g/mol. The first-order valence-electron chi connectivity index (χ1n) is 5.72. The molecule has 2 aliphatic carbocycles. The predicted molar refractivity (Wildman–Crippen MR) is 64.6 cm³/mol.